The molecule has 4 heteroatoms. The van der Waals surface area contributed by atoms with Gasteiger partial charge >= 0.3 is 0 Å². The largest absolute Gasteiger partial charge is 0.345 e. The fourth-order valence-corrected chi connectivity index (χ4v) is 2.61. The minimum atomic E-state index is -0.0929. The number of carbonyl (C=O) groups excluding carboxylic acids is 1. The molecule has 0 amide bonds. The highest BCUT2D eigenvalue weighted by molar-refractivity contribution is 6.35. The maximum absolute atomic E-state index is 12.8. The predicted octanol–water partition coefficient (Wildman–Crippen LogP) is 4.74. The Morgan fingerprint density at radius 2 is 1.91 bits per heavy atom. The lowest BCUT2D eigenvalue weighted by Crippen LogP contribution is -2.11. The first-order valence-electron chi connectivity index (χ1n) is 7.15. The van der Waals surface area contributed by atoms with E-state index in [-0.39, 0.29) is 11.2 Å². The molecule has 0 aliphatic rings. The average Bonchev–Trinajstić information content (AvgIpc) is 2.89. The number of hydrogen-bond acceptors (Lipinski definition) is 2. The van der Waals surface area contributed by atoms with Crippen LogP contribution in [0.25, 0.3) is 11.0 Å². The number of carbonyl (C=O) groups is 1. The van der Waals surface area contributed by atoms with E-state index in [9.17, 15) is 4.79 Å². The zero-order valence-corrected chi connectivity index (χ0v) is 13.5. The molecule has 3 nitrogen and oxygen atoms in total. The molecule has 2 aromatic heterocycles. The number of nitrogens with zero attached hydrogens (tertiary/aromatic N) is 1. The summed E-state index contributed by atoms with van der Waals surface area (Å²) in [5.74, 6) is -0.0929. The monoisotopic (exact) mass is 312 g/mol. The molecule has 2 heterocycles. The molecule has 22 heavy (non-hydrogen) atoms. The van der Waals surface area contributed by atoms with Gasteiger partial charge in [0.05, 0.1) is 5.02 Å². The van der Waals surface area contributed by atoms with Crippen molar-refractivity contribution < 1.29 is 4.79 Å². The summed E-state index contributed by atoms with van der Waals surface area (Å²) in [6.07, 6.45) is 3.55. The smallest absolute Gasteiger partial charge is 0.196 e. The first-order valence-corrected chi connectivity index (χ1v) is 7.52. The van der Waals surface area contributed by atoms with Crippen molar-refractivity contribution in [2.45, 2.75) is 26.2 Å². The van der Waals surface area contributed by atoms with Crippen molar-refractivity contribution in [2.24, 2.45) is 0 Å². The number of ketones is 1. The summed E-state index contributed by atoms with van der Waals surface area (Å²) >= 11 is 6.14. The third-order valence-electron chi connectivity index (χ3n) is 3.76. The maximum Gasteiger partial charge on any atom is 0.196 e. The normalized spacial score (nSPS) is 11.8. The van der Waals surface area contributed by atoms with Crippen molar-refractivity contribution in [1.29, 1.82) is 0 Å². The predicted molar refractivity (Wildman–Crippen MR) is 89.7 cm³/mol. The van der Waals surface area contributed by atoms with Crippen LogP contribution in [-0.4, -0.2) is 15.8 Å². The summed E-state index contributed by atoms with van der Waals surface area (Å²) in [7, 11) is 0. The third kappa shape index (κ3) is 2.53. The zero-order chi connectivity index (χ0) is 15.9. The summed E-state index contributed by atoms with van der Waals surface area (Å²) in [5.41, 5.74) is 2.88. The van der Waals surface area contributed by atoms with E-state index in [1.54, 1.807) is 18.3 Å². The molecule has 1 N–H and O–H groups in total. The fourth-order valence-electron chi connectivity index (χ4n) is 2.39. The van der Waals surface area contributed by atoms with Crippen molar-refractivity contribution in [3.63, 3.8) is 0 Å². The highest BCUT2D eigenvalue weighted by Crippen LogP contribution is 2.28. The molecule has 0 spiro atoms. The molecular weight excluding hydrogens is 296 g/mol. The number of hydrogen-bond donors (Lipinski definition) is 1. The minimum absolute atomic E-state index is 0.0246. The number of nitrogens with one attached hydrogen (secondary N) is 1. The number of halogens is 1. The molecule has 0 bridgehead atoms. The lowest BCUT2D eigenvalue weighted by Gasteiger charge is -2.18. The number of aromatic nitrogens is 2. The fraction of sp³-hybridized carbons (Fsp3) is 0.222. The second-order valence-corrected chi connectivity index (χ2v) is 6.79. The third-order valence-corrected chi connectivity index (χ3v) is 4.09. The van der Waals surface area contributed by atoms with Gasteiger partial charge in [0.1, 0.15) is 5.65 Å². The Labute approximate surface area is 134 Å². The highest BCUT2D eigenvalue weighted by Gasteiger charge is 2.20. The second-order valence-electron chi connectivity index (χ2n) is 6.38. The molecule has 112 valence electrons. The van der Waals surface area contributed by atoms with E-state index in [2.05, 4.69) is 30.7 Å². The first kappa shape index (κ1) is 14.8. The molecule has 0 saturated heterocycles. The van der Waals surface area contributed by atoms with Crippen molar-refractivity contribution in [2.75, 3.05) is 0 Å². The van der Waals surface area contributed by atoms with Crippen LogP contribution in [0.4, 0.5) is 0 Å². The van der Waals surface area contributed by atoms with Crippen LogP contribution in [-0.2, 0) is 5.41 Å². The molecule has 0 aliphatic carbocycles. The zero-order valence-electron chi connectivity index (χ0n) is 12.8. The van der Waals surface area contributed by atoms with Crippen LogP contribution in [0.2, 0.25) is 5.02 Å². The molecular formula is C18H17ClN2O. The molecule has 0 fully saturated rings. The second kappa shape index (κ2) is 5.25. The maximum atomic E-state index is 12.8. The molecule has 3 rings (SSSR count). The van der Waals surface area contributed by atoms with Crippen LogP contribution >= 0.6 is 11.6 Å². The van der Waals surface area contributed by atoms with Gasteiger partial charge in [0.2, 0.25) is 0 Å². The number of benzene rings is 1. The number of fused-ring (bicyclic) bond motifs is 1. The van der Waals surface area contributed by atoms with Crippen molar-refractivity contribution in [3.05, 3.63) is 64.4 Å². The van der Waals surface area contributed by atoms with Gasteiger partial charge in [-0.15, -0.1) is 0 Å². The highest BCUT2D eigenvalue weighted by atomic mass is 35.5. The Hall–Kier alpha value is -2.13. The van der Waals surface area contributed by atoms with Crippen LogP contribution in [0.3, 0.4) is 0 Å². The van der Waals surface area contributed by atoms with E-state index in [0.29, 0.717) is 21.8 Å². The SMILES string of the molecule is CC(C)(C)c1cnc2[nH]cc(C(=O)c3ccccc3Cl)c2c1. The first-order chi connectivity index (χ1) is 10.4. The Balaban J connectivity index is 2.15. The van der Waals surface area contributed by atoms with E-state index >= 15 is 0 Å². The molecule has 0 atom stereocenters. The lowest BCUT2D eigenvalue weighted by molar-refractivity contribution is 0.104. The van der Waals surface area contributed by atoms with Crippen LogP contribution in [0.15, 0.2) is 42.7 Å². The van der Waals surface area contributed by atoms with Crippen molar-refractivity contribution in [3.8, 4) is 0 Å². The molecule has 1 aromatic carbocycles. The summed E-state index contributed by atoms with van der Waals surface area (Å²) in [4.78, 5) is 20.3. The van der Waals surface area contributed by atoms with Gasteiger partial charge in [-0.25, -0.2) is 4.98 Å². The molecule has 0 radical (unpaired) electrons. The standard InChI is InChI=1S/C18H17ClN2O/c1-18(2,3)11-8-13-14(10-21-17(13)20-9-11)16(22)12-6-4-5-7-15(12)19/h4-10H,1-3H3,(H,20,21). The average molecular weight is 313 g/mol. The minimum Gasteiger partial charge on any atom is -0.345 e. The Kier molecular flexibility index (Phi) is 3.53. The van der Waals surface area contributed by atoms with Crippen LogP contribution in [0.5, 0.6) is 0 Å². The molecule has 0 unspecified atom stereocenters. The Bertz CT molecular complexity index is 859. The van der Waals surface area contributed by atoms with Crippen LogP contribution in [0.1, 0.15) is 42.3 Å². The van der Waals surface area contributed by atoms with Gasteiger partial charge in [-0.1, -0.05) is 44.5 Å². The quantitative estimate of drug-likeness (QED) is 0.694. The molecule has 0 aliphatic heterocycles. The van der Waals surface area contributed by atoms with Crippen molar-refractivity contribution in [1.82, 2.24) is 9.97 Å². The number of H-pyrrole nitrogens is 1. The number of rotatable bonds is 2. The lowest BCUT2D eigenvalue weighted by atomic mass is 9.87. The molecule has 3 aromatic rings. The van der Waals surface area contributed by atoms with E-state index in [4.69, 9.17) is 11.6 Å². The van der Waals surface area contributed by atoms with E-state index in [1.165, 1.54) is 0 Å². The topological polar surface area (TPSA) is 45.8 Å². The summed E-state index contributed by atoms with van der Waals surface area (Å²) in [6.45, 7) is 6.37. The summed E-state index contributed by atoms with van der Waals surface area (Å²) in [6, 6.07) is 9.12. The van der Waals surface area contributed by atoms with Gasteiger partial charge < -0.3 is 4.98 Å². The van der Waals surface area contributed by atoms with Gasteiger partial charge in [-0.05, 0) is 29.2 Å². The van der Waals surface area contributed by atoms with Crippen molar-refractivity contribution >= 4 is 28.4 Å². The Morgan fingerprint density at radius 3 is 2.59 bits per heavy atom. The summed E-state index contributed by atoms with van der Waals surface area (Å²) in [5, 5.41) is 1.29. The van der Waals surface area contributed by atoms with Gasteiger partial charge in [0, 0.05) is 28.9 Å². The van der Waals surface area contributed by atoms with Crippen LogP contribution in [0, 0.1) is 0 Å². The van der Waals surface area contributed by atoms with Gasteiger partial charge in [0.25, 0.3) is 0 Å². The molecule has 0 saturated carbocycles. The summed E-state index contributed by atoms with van der Waals surface area (Å²) < 4.78 is 0. The van der Waals surface area contributed by atoms with Gasteiger partial charge in [-0.2, -0.15) is 0 Å². The van der Waals surface area contributed by atoms with E-state index < -0.39 is 0 Å². The number of pyridine rings is 1. The number of aromatic amines is 1. The van der Waals surface area contributed by atoms with Crippen LogP contribution < -0.4 is 0 Å². The Morgan fingerprint density at radius 1 is 1.18 bits per heavy atom. The van der Waals surface area contributed by atoms with E-state index in [0.717, 1.165) is 10.9 Å². The van der Waals surface area contributed by atoms with Gasteiger partial charge in [-0.3, -0.25) is 4.79 Å². The van der Waals surface area contributed by atoms with Gasteiger partial charge in [0.15, 0.2) is 5.78 Å². The van der Waals surface area contributed by atoms with E-state index in [1.807, 2.05) is 24.4 Å².